The Balaban J connectivity index is 1.88. The van der Waals surface area contributed by atoms with Crippen LogP contribution in [0.4, 0.5) is 11.4 Å². The number of hydrogen-bond acceptors (Lipinski definition) is 3. The Morgan fingerprint density at radius 1 is 0.792 bits per heavy atom. The van der Waals surface area contributed by atoms with Gasteiger partial charge in [-0.3, -0.25) is 0 Å². The van der Waals surface area contributed by atoms with Crippen molar-refractivity contribution in [2.75, 3.05) is 0 Å². The molecule has 0 aliphatic heterocycles. The summed E-state index contributed by atoms with van der Waals surface area (Å²) in [5.74, 6) is 0.251. The lowest BCUT2D eigenvalue weighted by atomic mass is 10.1. The summed E-state index contributed by atoms with van der Waals surface area (Å²) >= 11 is 0. The van der Waals surface area contributed by atoms with E-state index < -0.39 is 0 Å². The molecule has 0 spiro atoms. The van der Waals surface area contributed by atoms with Crippen molar-refractivity contribution in [2.45, 2.75) is 52.4 Å². The van der Waals surface area contributed by atoms with Crippen molar-refractivity contribution >= 4 is 17.2 Å². The Morgan fingerprint density at radius 2 is 1.25 bits per heavy atom. The third-order valence-corrected chi connectivity index (χ3v) is 3.97. The third-order valence-electron chi connectivity index (χ3n) is 3.97. The predicted molar refractivity (Wildman–Crippen MR) is 99.3 cm³/mol. The molecule has 0 saturated carbocycles. The molecule has 2 aromatic rings. The van der Waals surface area contributed by atoms with Gasteiger partial charge in [0.25, 0.3) is 0 Å². The molecule has 0 atom stereocenters. The van der Waals surface area contributed by atoms with E-state index >= 15 is 0 Å². The molecule has 0 unspecified atom stereocenters. The second-order valence-electron chi connectivity index (χ2n) is 6.19. The van der Waals surface area contributed by atoms with Gasteiger partial charge < -0.3 is 4.79 Å². The highest BCUT2D eigenvalue weighted by Crippen LogP contribution is 2.20. The van der Waals surface area contributed by atoms with Crippen LogP contribution in [0.2, 0.25) is 0 Å². The molecular weight excluding hydrogens is 296 g/mol. The van der Waals surface area contributed by atoms with Crippen LogP contribution in [0.3, 0.4) is 0 Å². The molecule has 0 heterocycles. The average Bonchev–Trinajstić information content (AvgIpc) is 2.60. The number of aryl methyl sites for hydroxylation is 2. The zero-order chi connectivity index (χ0) is 17.2. The molecule has 0 N–H and O–H groups in total. The first-order valence-electron chi connectivity index (χ1n) is 8.76. The first-order chi connectivity index (χ1) is 11.7. The minimum Gasteiger partial charge on any atom is -0.300 e. The van der Waals surface area contributed by atoms with E-state index in [0.717, 1.165) is 30.6 Å². The van der Waals surface area contributed by atoms with Gasteiger partial charge in [0.2, 0.25) is 0 Å². The highest BCUT2D eigenvalue weighted by Gasteiger charge is 1.98. The molecule has 2 rings (SSSR count). The highest BCUT2D eigenvalue weighted by atomic mass is 16.1. The highest BCUT2D eigenvalue weighted by molar-refractivity contribution is 5.75. The van der Waals surface area contributed by atoms with E-state index in [4.69, 9.17) is 0 Å². The van der Waals surface area contributed by atoms with Crippen LogP contribution in [-0.2, 0) is 17.6 Å². The summed E-state index contributed by atoms with van der Waals surface area (Å²) in [6.07, 6.45) is 6.04. The van der Waals surface area contributed by atoms with Crippen molar-refractivity contribution in [3.63, 3.8) is 0 Å². The largest absolute Gasteiger partial charge is 0.300 e. The van der Waals surface area contributed by atoms with Gasteiger partial charge in [0.1, 0.15) is 5.78 Å². The first kappa shape index (κ1) is 18.1. The third kappa shape index (κ3) is 6.45. The number of rotatable bonds is 9. The molecule has 0 amide bonds. The fourth-order valence-corrected chi connectivity index (χ4v) is 2.50. The number of carbonyl (C=O) groups excluding carboxylic acids is 1. The molecule has 0 aliphatic rings. The molecule has 0 aliphatic carbocycles. The second-order valence-corrected chi connectivity index (χ2v) is 6.19. The monoisotopic (exact) mass is 322 g/mol. The molecule has 3 heteroatoms. The van der Waals surface area contributed by atoms with Gasteiger partial charge in [0.05, 0.1) is 11.4 Å². The van der Waals surface area contributed by atoms with Crippen molar-refractivity contribution in [2.24, 2.45) is 10.2 Å². The first-order valence-corrected chi connectivity index (χ1v) is 8.76. The van der Waals surface area contributed by atoms with E-state index in [1.54, 1.807) is 6.92 Å². The minimum absolute atomic E-state index is 0.251. The standard InChI is InChI=1S/C21H26N2O/c1-3-4-7-18-9-13-20(14-10-18)22-23-21-15-11-19(12-16-21)8-5-6-17(2)24/h9-16H,3-8H2,1-2H3. The van der Waals surface area contributed by atoms with Crippen molar-refractivity contribution < 1.29 is 4.79 Å². The average molecular weight is 322 g/mol. The van der Waals surface area contributed by atoms with Crippen molar-refractivity contribution in [3.05, 3.63) is 59.7 Å². The van der Waals surface area contributed by atoms with Gasteiger partial charge in [-0.2, -0.15) is 10.2 Å². The van der Waals surface area contributed by atoms with E-state index in [-0.39, 0.29) is 5.78 Å². The SMILES string of the molecule is CCCCc1ccc(N=Nc2ccc(CCCC(C)=O)cc2)cc1. The van der Waals surface area contributed by atoms with E-state index in [1.807, 2.05) is 24.3 Å². The minimum atomic E-state index is 0.251. The lowest BCUT2D eigenvalue weighted by Crippen LogP contribution is -1.92. The van der Waals surface area contributed by atoms with Gasteiger partial charge in [0, 0.05) is 6.42 Å². The second kappa shape index (κ2) is 9.76. The van der Waals surface area contributed by atoms with Crippen LogP contribution in [0.5, 0.6) is 0 Å². The Kier molecular flexibility index (Phi) is 7.34. The van der Waals surface area contributed by atoms with Crippen LogP contribution in [0.15, 0.2) is 58.8 Å². The molecular formula is C21H26N2O. The van der Waals surface area contributed by atoms with Crippen LogP contribution in [-0.4, -0.2) is 5.78 Å². The van der Waals surface area contributed by atoms with Crippen LogP contribution in [0, 0.1) is 0 Å². The summed E-state index contributed by atoms with van der Waals surface area (Å²) in [5.41, 5.74) is 4.31. The summed E-state index contributed by atoms with van der Waals surface area (Å²) in [6, 6.07) is 16.4. The normalized spacial score (nSPS) is 11.1. The van der Waals surface area contributed by atoms with Gasteiger partial charge >= 0.3 is 0 Å². The number of unbranched alkanes of at least 4 members (excludes halogenated alkanes) is 1. The van der Waals surface area contributed by atoms with Gasteiger partial charge in [0.15, 0.2) is 0 Å². The number of azo groups is 1. The fraction of sp³-hybridized carbons (Fsp3) is 0.381. The van der Waals surface area contributed by atoms with Gasteiger partial charge in [-0.05, 0) is 68.0 Å². The van der Waals surface area contributed by atoms with Gasteiger partial charge in [-0.25, -0.2) is 0 Å². The molecule has 0 aromatic heterocycles. The number of carbonyl (C=O) groups is 1. The Hall–Kier alpha value is -2.29. The molecule has 0 bridgehead atoms. The van der Waals surface area contributed by atoms with E-state index in [9.17, 15) is 4.79 Å². The smallest absolute Gasteiger partial charge is 0.129 e. The molecule has 0 fully saturated rings. The summed E-state index contributed by atoms with van der Waals surface area (Å²) in [4.78, 5) is 11.0. The summed E-state index contributed by atoms with van der Waals surface area (Å²) in [5, 5.41) is 8.58. The summed E-state index contributed by atoms with van der Waals surface area (Å²) in [6.45, 7) is 3.84. The maximum Gasteiger partial charge on any atom is 0.129 e. The quantitative estimate of drug-likeness (QED) is 0.495. The molecule has 2 aromatic carbocycles. The zero-order valence-corrected chi connectivity index (χ0v) is 14.7. The molecule has 126 valence electrons. The van der Waals surface area contributed by atoms with E-state index in [1.165, 1.54) is 24.0 Å². The zero-order valence-electron chi connectivity index (χ0n) is 14.7. The van der Waals surface area contributed by atoms with Crippen molar-refractivity contribution in [3.8, 4) is 0 Å². The van der Waals surface area contributed by atoms with Crippen LogP contribution < -0.4 is 0 Å². The maximum absolute atomic E-state index is 11.0. The van der Waals surface area contributed by atoms with Crippen molar-refractivity contribution in [1.82, 2.24) is 0 Å². The number of Topliss-reactive ketones (excluding diaryl/α,β-unsaturated/α-hetero) is 1. The van der Waals surface area contributed by atoms with E-state index in [0.29, 0.717) is 6.42 Å². The summed E-state index contributed by atoms with van der Waals surface area (Å²) < 4.78 is 0. The lowest BCUT2D eigenvalue weighted by molar-refractivity contribution is -0.117. The van der Waals surface area contributed by atoms with Gasteiger partial charge in [-0.15, -0.1) is 0 Å². The number of benzene rings is 2. The van der Waals surface area contributed by atoms with E-state index in [2.05, 4.69) is 41.4 Å². The van der Waals surface area contributed by atoms with Crippen LogP contribution in [0.1, 0.15) is 50.7 Å². The van der Waals surface area contributed by atoms with Gasteiger partial charge in [-0.1, -0.05) is 37.6 Å². The van der Waals surface area contributed by atoms with Crippen molar-refractivity contribution in [1.29, 1.82) is 0 Å². The number of nitrogens with zero attached hydrogens (tertiary/aromatic N) is 2. The maximum atomic E-state index is 11.0. The lowest BCUT2D eigenvalue weighted by Gasteiger charge is -2.01. The summed E-state index contributed by atoms with van der Waals surface area (Å²) in [7, 11) is 0. The Bertz CT molecular complexity index is 657. The molecule has 0 saturated heterocycles. The molecule has 3 nitrogen and oxygen atoms in total. The number of ketones is 1. The topological polar surface area (TPSA) is 41.8 Å². The predicted octanol–water partition coefficient (Wildman–Crippen LogP) is 6.36. The van der Waals surface area contributed by atoms with Crippen LogP contribution in [0.25, 0.3) is 0 Å². The molecule has 0 radical (unpaired) electrons. The number of hydrogen-bond donors (Lipinski definition) is 0. The molecule has 24 heavy (non-hydrogen) atoms. The fourth-order valence-electron chi connectivity index (χ4n) is 2.50. The Labute approximate surface area is 144 Å². The Morgan fingerprint density at radius 3 is 1.67 bits per heavy atom. The van der Waals surface area contributed by atoms with Crippen LogP contribution >= 0.6 is 0 Å².